The number of carbonyl (C=O) groups excluding carboxylic acids is 2. The van der Waals surface area contributed by atoms with Crippen molar-refractivity contribution < 1.29 is 14.7 Å². The van der Waals surface area contributed by atoms with E-state index in [1.54, 1.807) is 48.8 Å². The zero-order valence-electron chi connectivity index (χ0n) is 16.6. The lowest BCUT2D eigenvalue weighted by Crippen LogP contribution is -2.41. The molecule has 3 N–H and O–H groups in total. The van der Waals surface area contributed by atoms with E-state index in [1.807, 2.05) is 30.3 Å². The highest BCUT2D eigenvalue weighted by Crippen LogP contribution is 2.24. The highest BCUT2D eigenvalue weighted by molar-refractivity contribution is 6.07. The molecule has 7 heteroatoms. The number of carbonyl (C=O) groups is 2. The molecule has 7 nitrogen and oxygen atoms in total. The topological polar surface area (TPSA) is 104 Å². The van der Waals surface area contributed by atoms with E-state index < -0.39 is 5.91 Å². The van der Waals surface area contributed by atoms with Crippen LogP contribution < -0.4 is 10.9 Å². The van der Waals surface area contributed by atoms with Crippen molar-refractivity contribution in [2.24, 2.45) is 0 Å². The maximum absolute atomic E-state index is 12.9. The van der Waals surface area contributed by atoms with Crippen molar-refractivity contribution in [3.8, 4) is 17.0 Å². The number of nitrogens with zero attached hydrogens (tertiary/aromatic N) is 2. The standard InChI is InChI=1S/C24H20N4O3/c29-22-10-4-1-6-16(22)11-12-23(30)27-28-24(31)19-14-21(17-7-5-13-25-15-17)26-20-9-3-2-8-18(19)20/h1-10,13-15,29H,11-12H2,(H,27,30)(H,28,31). The molecule has 31 heavy (non-hydrogen) atoms. The Bertz CT molecular complexity index is 1240. The minimum Gasteiger partial charge on any atom is -0.508 e. The number of para-hydroxylation sites is 2. The average molecular weight is 412 g/mol. The van der Waals surface area contributed by atoms with Gasteiger partial charge in [-0.1, -0.05) is 36.4 Å². The van der Waals surface area contributed by atoms with E-state index >= 15 is 0 Å². The Morgan fingerprint density at radius 2 is 1.74 bits per heavy atom. The Hall–Kier alpha value is -4.26. The van der Waals surface area contributed by atoms with E-state index in [-0.39, 0.29) is 18.1 Å². The van der Waals surface area contributed by atoms with E-state index in [0.717, 1.165) is 5.56 Å². The van der Waals surface area contributed by atoms with Gasteiger partial charge < -0.3 is 5.11 Å². The molecule has 2 heterocycles. The fourth-order valence-electron chi connectivity index (χ4n) is 3.25. The van der Waals surface area contributed by atoms with Gasteiger partial charge in [-0.05, 0) is 42.3 Å². The lowest BCUT2D eigenvalue weighted by Gasteiger charge is -2.11. The first-order valence-electron chi connectivity index (χ1n) is 9.78. The van der Waals surface area contributed by atoms with Crippen molar-refractivity contribution in [2.45, 2.75) is 12.8 Å². The Morgan fingerprint density at radius 3 is 2.55 bits per heavy atom. The Balaban J connectivity index is 1.49. The van der Waals surface area contributed by atoms with Gasteiger partial charge in [-0.25, -0.2) is 4.98 Å². The summed E-state index contributed by atoms with van der Waals surface area (Å²) in [6.45, 7) is 0. The van der Waals surface area contributed by atoms with Gasteiger partial charge in [0.1, 0.15) is 5.75 Å². The zero-order chi connectivity index (χ0) is 21.6. The summed E-state index contributed by atoms with van der Waals surface area (Å²) in [4.78, 5) is 33.8. The van der Waals surface area contributed by atoms with E-state index in [9.17, 15) is 14.7 Å². The van der Waals surface area contributed by atoms with Crippen LogP contribution in [0.5, 0.6) is 5.75 Å². The number of aromatic hydroxyl groups is 1. The predicted octanol–water partition coefficient (Wildman–Crippen LogP) is 3.40. The van der Waals surface area contributed by atoms with Crippen LogP contribution in [0, 0.1) is 0 Å². The summed E-state index contributed by atoms with van der Waals surface area (Å²) in [6.07, 6.45) is 3.83. The molecule has 2 aromatic carbocycles. The summed E-state index contributed by atoms with van der Waals surface area (Å²) >= 11 is 0. The second kappa shape index (κ2) is 9.04. The summed E-state index contributed by atoms with van der Waals surface area (Å²) in [5.74, 6) is -0.660. The van der Waals surface area contributed by atoms with Crippen LogP contribution in [0.4, 0.5) is 0 Å². The normalized spacial score (nSPS) is 10.6. The van der Waals surface area contributed by atoms with Crippen LogP contribution in [0.2, 0.25) is 0 Å². The molecule has 0 spiro atoms. The van der Waals surface area contributed by atoms with E-state index in [0.29, 0.717) is 34.1 Å². The van der Waals surface area contributed by atoms with Gasteiger partial charge in [0, 0.05) is 29.8 Å². The molecule has 0 fully saturated rings. The number of rotatable bonds is 5. The van der Waals surface area contributed by atoms with Gasteiger partial charge in [0.2, 0.25) is 5.91 Å². The van der Waals surface area contributed by atoms with Gasteiger partial charge in [-0.2, -0.15) is 0 Å². The molecule has 2 aromatic heterocycles. The Kier molecular flexibility index (Phi) is 5.84. The minimum absolute atomic E-state index is 0.121. The number of phenolic OH excluding ortho intramolecular Hbond substituents is 1. The second-order valence-electron chi connectivity index (χ2n) is 6.94. The number of pyridine rings is 2. The number of hydrazine groups is 1. The van der Waals surface area contributed by atoms with Crippen molar-refractivity contribution in [1.29, 1.82) is 0 Å². The number of nitrogens with one attached hydrogen (secondary N) is 2. The zero-order valence-corrected chi connectivity index (χ0v) is 16.6. The predicted molar refractivity (Wildman–Crippen MR) is 117 cm³/mol. The van der Waals surface area contributed by atoms with Crippen LogP contribution >= 0.6 is 0 Å². The SMILES string of the molecule is O=C(CCc1ccccc1O)NNC(=O)c1cc(-c2cccnc2)nc2ccccc12. The van der Waals surface area contributed by atoms with Crippen LogP contribution in [0.25, 0.3) is 22.2 Å². The summed E-state index contributed by atoms with van der Waals surface area (Å²) < 4.78 is 0. The molecule has 0 bridgehead atoms. The van der Waals surface area contributed by atoms with Crippen LogP contribution in [0.3, 0.4) is 0 Å². The molecule has 4 rings (SSSR count). The Labute approximate surface area is 178 Å². The number of amides is 2. The average Bonchev–Trinajstić information content (AvgIpc) is 2.82. The lowest BCUT2D eigenvalue weighted by atomic mass is 10.0. The van der Waals surface area contributed by atoms with Crippen LogP contribution in [0.1, 0.15) is 22.3 Å². The largest absolute Gasteiger partial charge is 0.508 e. The third kappa shape index (κ3) is 4.67. The molecular weight excluding hydrogens is 392 g/mol. The molecule has 0 atom stereocenters. The monoisotopic (exact) mass is 412 g/mol. The molecule has 0 aliphatic carbocycles. The minimum atomic E-state index is -0.445. The molecule has 0 unspecified atom stereocenters. The molecule has 154 valence electrons. The molecule has 4 aromatic rings. The number of hydrogen-bond donors (Lipinski definition) is 3. The third-order valence-corrected chi connectivity index (χ3v) is 4.85. The maximum Gasteiger partial charge on any atom is 0.270 e. The fraction of sp³-hybridized carbons (Fsp3) is 0.0833. The summed E-state index contributed by atoms with van der Waals surface area (Å²) in [5.41, 5.74) is 8.05. The number of benzene rings is 2. The van der Waals surface area contributed by atoms with Gasteiger partial charge in [0.05, 0.1) is 16.8 Å². The van der Waals surface area contributed by atoms with Crippen LogP contribution in [0.15, 0.2) is 79.1 Å². The molecule has 0 aliphatic heterocycles. The number of hydrogen-bond acceptors (Lipinski definition) is 5. The molecule has 0 saturated carbocycles. The van der Waals surface area contributed by atoms with Gasteiger partial charge in [0.15, 0.2) is 0 Å². The Morgan fingerprint density at radius 1 is 0.935 bits per heavy atom. The smallest absolute Gasteiger partial charge is 0.270 e. The number of fused-ring (bicyclic) bond motifs is 1. The lowest BCUT2D eigenvalue weighted by molar-refractivity contribution is -0.121. The van der Waals surface area contributed by atoms with Crippen molar-refractivity contribution in [3.63, 3.8) is 0 Å². The van der Waals surface area contributed by atoms with Crippen molar-refractivity contribution >= 4 is 22.7 Å². The molecule has 2 amide bonds. The number of aryl methyl sites for hydroxylation is 1. The molecular formula is C24H20N4O3. The van der Waals surface area contributed by atoms with E-state index in [2.05, 4.69) is 20.8 Å². The van der Waals surface area contributed by atoms with E-state index in [1.165, 1.54) is 0 Å². The number of phenols is 1. The summed E-state index contributed by atoms with van der Waals surface area (Å²) in [5, 5.41) is 10.5. The van der Waals surface area contributed by atoms with Gasteiger partial charge >= 0.3 is 0 Å². The van der Waals surface area contributed by atoms with Gasteiger partial charge in [0.25, 0.3) is 5.91 Å². The maximum atomic E-state index is 12.9. The van der Waals surface area contributed by atoms with Gasteiger partial charge in [-0.15, -0.1) is 0 Å². The quantitative estimate of drug-likeness (QED) is 0.436. The second-order valence-corrected chi connectivity index (χ2v) is 6.94. The highest BCUT2D eigenvalue weighted by atomic mass is 16.3. The van der Waals surface area contributed by atoms with Gasteiger partial charge in [-0.3, -0.25) is 25.4 Å². The summed E-state index contributed by atoms with van der Waals surface area (Å²) in [7, 11) is 0. The van der Waals surface area contributed by atoms with Crippen LogP contribution in [-0.2, 0) is 11.2 Å². The molecule has 0 radical (unpaired) electrons. The van der Waals surface area contributed by atoms with Crippen molar-refractivity contribution in [2.75, 3.05) is 0 Å². The number of aromatic nitrogens is 2. The van der Waals surface area contributed by atoms with Crippen LogP contribution in [-0.4, -0.2) is 26.9 Å². The first kappa shape index (κ1) is 20.0. The highest BCUT2D eigenvalue weighted by Gasteiger charge is 2.15. The first-order chi connectivity index (χ1) is 15.1. The summed E-state index contributed by atoms with van der Waals surface area (Å²) in [6, 6.07) is 19.5. The molecule has 0 saturated heterocycles. The van der Waals surface area contributed by atoms with Crippen molar-refractivity contribution in [1.82, 2.24) is 20.8 Å². The fourth-order valence-corrected chi connectivity index (χ4v) is 3.25. The van der Waals surface area contributed by atoms with Crippen molar-refractivity contribution in [3.05, 3.63) is 90.3 Å². The van der Waals surface area contributed by atoms with E-state index in [4.69, 9.17) is 0 Å². The first-order valence-corrected chi connectivity index (χ1v) is 9.78. The third-order valence-electron chi connectivity index (χ3n) is 4.85. The molecule has 0 aliphatic rings.